The third kappa shape index (κ3) is 3.72. The molecule has 1 aliphatic rings. The lowest BCUT2D eigenvalue weighted by Crippen LogP contribution is -2.41. The highest BCUT2D eigenvalue weighted by molar-refractivity contribution is 6.00. The fourth-order valence-corrected chi connectivity index (χ4v) is 2.99. The molecule has 2 amide bonds. The normalized spacial score (nSPS) is 19.3. The zero-order chi connectivity index (χ0) is 18.7. The van der Waals surface area contributed by atoms with Crippen molar-refractivity contribution in [1.29, 1.82) is 0 Å². The Morgan fingerprint density at radius 2 is 2.23 bits per heavy atom. The first-order valence-electron chi connectivity index (χ1n) is 8.39. The standard InChI is InChI=1S/C19H22N2O5/c1-19(24,16-7-4-8-26-16)12-20-18(23)13-9-17(22)21(11-13)14-5-3-6-15(10-14)25-2/h3-8,10,13,24H,9,11-12H2,1-2H3,(H,20,23)/t13-,19-/m0/s1. The maximum Gasteiger partial charge on any atom is 0.227 e. The summed E-state index contributed by atoms with van der Waals surface area (Å²) in [4.78, 5) is 26.3. The Morgan fingerprint density at radius 1 is 1.42 bits per heavy atom. The van der Waals surface area contributed by atoms with E-state index in [9.17, 15) is 14.7 Å². The van der Waals surface area contributed by atoms with Crippen molar-refractivity contribution in [3.63, 3.8) is 0 Å². The van der Waals surface area contributed by atoms with E-state index in [1.165, 1.54) is 6.26 Å². The first-order chi connectivity index (χ1) is 12.4. The van der Waals surface area contributed by atoms with Gasteiger partial charge in [0.2, 0.25) is 11.8 Å². The summed E-state index contributed by atoms with van der Waals surface area (Å²) < 4.78 is 10.4. The zero-order valence-electron chi connectivity index (χ0n) is 14.8. The number of carbonyl (C=O) groups excluding carboxylic acids is 2. The number of carbonyl (C=O) groups is 2. The van der Waals surface area contributed by atoms with Crippen LogP contribution in [0.3, 0.4) is 0 Å². The van der Waals surface area contributed by atoms with E-state index >= 15 is 0 Å². The number of amides is 2. The number of hydrogen-bond donors (Lipinski definition) is 2. The summed E-state index contributed by atoms with van der Waals surface area (Å²) in [5.41, 5.74) is -0.610. The molecule has 0 saturated carbocycles. The predicted molar refractivity (Wildman–Crippen MR) is 94.7 cm³/mol. The van der Waals surface area contributed by atoms with Crippen LogP contribution in [0.4, 0.5) is 5.69 Å². The number of anilines is 1. The Morgan fingerprint density at radius 3 is 2.92 bits per heavy atom. The SMILES string of the molecule is COc1cccc(N2C[C@@H](C(=O)NC[C@](C)(O)c3ccco3)CC2=O)c1. The minimum absolute atomic E-state index is 0.00317. The van der Waals surface area contributed by atoms with E-state index in [4.69, 9.17) is 9.15 Å². The summed E-state index contributed by atoms with van der Waals surface area (Å²) in [7, 11) is 1.56. The van der Waals surface area contributed by atoms with Crippen LogP contribution < -0.4 is 15.0 Å². The zero-order valence-corrected chi connectivity index (χ0v) is 14.8. The number of aliphatic hydroxyl groups is 1. The van der Waals surface area contributed by atoms with Crippen LogP contribution >= 0.6 is 0 Å². The predicted octanol–water partition coefficient (Wildman–Crippen LogP) is 1.67. The molecule has 7 heteroatoms. The Bertz CT molecular complexity index is 785. The van der Waals surface area contributed by atoms with Crippen LogP contribution in [0.25, 0.3) is 0 Å². The van der Waals surface area contributed by atoms with Crippen molar-refractivity contribution in [3.8, 4) is 5.75 Å². The summed E-state index contributed by atoms with van der Waals surface area (Å²) >= 11 is 0. The fourth-order valence-electron chi connectivity index (χ4n) is 2.99. The monoisotopic (exact) mass is 358 g/mol. The van der Waals surface area contributed by atoms with Gasteiger partial charge in [-0.25, -0.2) is 0 Å². The number of nitrogens with one attached hydrogen (secondary N) is 1. The van der Waals surface area contributed by atoms with Crippen LogP contribution in [-0.4, -0.2) is 37.1 Å². The average molecular weight is 358 g/mol. The molecule has 0 aliphatic carbocycles. The Hall–Kier alpha value is -2.80. The molecule has 2 heterocycles. The molecule has 138 valence electrons. The molecule has 0 radical (unpaired) electrons. The Balaban J connectivity index is 1.62. The van der Waals surface area contributed by atoms with Crippen LogP contribution in [0.1, 0.15) is 19.1 Å². The summed E-state index contributed by atoms with van der Waals surface area (Å²) in [5, 5.41) is 13.1. The molecule has 7 nitrogen and oxygen atoms in total. The van der Waals surface area contributed by atoms with Crippen molar-refractivity contribution in [2.45, 2.75) is 18.9 Å². The van der Waals surface area contributed by atoms with Gasteiger partial charge in [-0.2, -0.15) is 0 Å². The molecule has 26 heavy (non-hydrogen) atoms. The van der Waals surface area contributed by atoms with Crippen LogP contribution in [0.15, 0.2) is 47.1 Å². The topological polar surface area (TPSA) is 92.0 Å². The minimum atomic E-state index is -1.31. The van der Waals surface area contributed by atoms with Gasteiger partial charge in [0, 0.05) is 24.7 Å². The number of ether oxygens (including phenoxy) is 1. The van der Waals surface area contributed by atoms with Gasteiger partial charge in [-0.1, -0.05) is 6.07 Å². The number of benzene rings is 1. The van der Waals surface area contributed by atoms with Crippen molar-refractivity contribution in [3.05, 3.63) is 48.4 Å². The molecule has 1 aromatic heterocycles. The van der Waals surface area contributed by atoms with Crippen molar-refractivity contribution < 1.29 is 23.8 Å². The summed E-state index contributed by atoms with van der Waals surface area (Å²) in [6, 6.07) is 10.5. The number of methoxy groups -OCH3 is 1. The molecule has 0 unspecified atom stereocenters. The van der Waals surface area contributed by atoms with Gasteiger partial charge in [0.1, 0.15) is 17.1 Å². The Labute approximate surface area is 151 Å². The van der Waals surface area contributed by atoms with Crippen LogP contribution in [0.5, 0.6) is 5.75 Å². The highest BCUT2D eigenvalue weighted by atomic mass is 16.5. The van der Waals surface area contributed by atoms with Gasteiger partial charge in [-0.3, -0.25) is 9.59 Å². The number of hydrogen-bond acceptors (Lipinski definition) is 5. The van der Waals surface area contributed by atoms with E-state index in [0.29, 0.717) is 23.7 Å². The number of nitrogens with zero attached hydrogens (tertiary/aromatic N) is 1. The van der Waals surface area contributed by atoms with Crippen molar-refractivity contribution in [2.24, 2.45) is 5.92 Å². The molecule has 1 aliphatic heterocycles. The molecule has 1 fully saturated rings. The lowest BCUT2D eigenvalue weighted by atomic mass is 10.0. The molecule has 2 aromatic rings. The van der Waals surface area contributed by atoms with Crippen LogP contribution in [-0.2, 0) is 15.2 Å². The minimum Gasteiger partial charge on any atom is -0.497 e. The second-order valence-corrected chi connectivity index (χ2v) is 6.58. The molecule has 3 rings (SSSR count). The van der Waals surface area contributed by atoms with Gasteiger partial charge in [0.25, 0.3) is 0 Å². The van der Waals surface area contributed by atoms with Crippen molar-refractivity contribution >= 4 is 17.5 Å². The van der Waals surface area contributed by atoms with E-state index in [1.807, 2.05) is 6.07 Å². The van der Waals surface area contributed by atoms with E-state index in [2.05, 4.69) is 5.32 Å². The smallest absolute Gasteiger partial charge is 0.227 e. The third-order valence-electron chi connectivity index (χ3n) is 4.52. The van der Waals surface area contributed by atoms with E-state index in [-0.39, 0.29) is 24.8 Å². The Kier molecular flexibility index (Phi) is 4.99. The van der Waals surface area contributed by atoms with Gasteiger partial charge >= 0.3 is 0 Å². The van der Waals surface area contributed by atoms with Crippen molar-refractivity contribution in [2.75, 3.05) is 25.1 Å². The molecular formula is C19H22N2O5. The fraction of sp³-hybridized carbons (Fsp3) is 0.368. The second kappa shape index (κ2) is 7.21. The summed E-state index contributed by atoms with van der Waals surface area (Å²) in [5.74, 6) is 0.170. The van der Waals surface area contributed by atoms with Gasteiger partial charge < -0.3 is 24.5 Å². The van der Waals surface area contributed by atoms with Crippen LogP contribution in [0, 0.1) is 5.92 Å². The number of furan rings is 1. The molecule has 0 bridgehead atoms. The van der Waals surface area contributed by atoms with Gasteiger partial charge in [0.05, 0.1) is 25.8 Å². The lowest BCUT2D eigenvalue weighted by Gasteiger charge is -2.22. The molecule has 2 N–H and O–H groups in total. The maximum atomic E-state index is 12.5. The molecule has 1 aromatic carbocycles. The molecular weight excluding hydrogens is 336 g/mol. The first kappa shape index (κ1) is 18.0. The van der Waals surface area contributed by atoms with E-state index < -0.39 is 11.5 Å². The molecule has 1 saturated heterocycles. The summed E-state index contributed by atoms with van der Waals surface area (Å²) in [6.45, 7) is 1.86. The van der Waals surface area contributed by atoms with Gasteiger partial charge in [0.15, 0.2) is 0 Å². The quantitative estimate of drug-likeness (QED) is 0.819. The lowest BCUT2D eigenvalue weighted by molar-refractivity contribution is -0.127. The van der Waals surface area contributed by atoms with E-state index in [1.54, 1.807) is 49.3 Å². The largest absolute Gasteiger partial charge is 0.497 e. The van der Waals surface area contributed by atoms with E-state index in [0.717, 1.165) is 0 Å². The highest BCUT2D eigenvalue weighted by Crippen LogP contribution is 2.28. The van der Waals surface area contributed by atoms with Gasteiger partial charge in [-0.15, -0.1) is 0 Å². The maximum absolute atomic E-state index is 12.5. The summed E-state index contributed by atoms with van der Waals surface area (Å²) in [6.07, 6.45) is 1.60. The van der Waals surface area contributed by atoms with Crippen LogP contribution in [0.2, 0.25) is 0 Å². The first-order valence-corrected chi connectivity index (χ1v) is 8.39. The molecule has 0 spiro atoms. The molecule has 2 atom stereocenters. The highest BCUT2D eigenvalue weighted by Gasteiger charge is 2.36. The third-order valence-corrected chi connectivity index (χ3v) is 4.52. The average Bonchev–Trinajstić information content (AvgIpc) is 3.30. The number of rotatable bonds is 6. The second-order valence-electron chi connectivity index (χ2n) is 6.58. The van der Waals surface area contributed by atoms with Gasteiger partial charge in [-0.05, 0) is 31.2 Å². The van der Waals surface area contributed by atoms with Crippen molar-refractivity contribution in [1.82, 2.24) is 5.32 Å².